The summed E-state index contributed by atoms with van der Waals surface area (Å²) >= 11 is 0. The Bertz CT molecular complexity index is 2500. The number of hydrogen-bond acceptors (Lipinski definition) is 29. The predicted molar refractivity (Wildman–Crippen MR) is 352 cm³/mol. The number of carbonyl (C=O) groups excluding carboxylic acids is 9. The first kappa shape index (κ1) is 88.8. The summed E-state index contributed by atoms with van der Waals surface area (Å²) in [6.45, 7) is 0.452. The van der Waals surface area contributed by atoms with Crippen LogP contribution in [-0.2, 0) is 90.5 Å². The van der Waals surface area contributed by atoms with Gasteiger partial charge in [-0.3, -0.25) is 43.2 Å². The molecule has 38 nitrogen and oxygen atoms in total. The summed E-state index contributed by atoms with van der Waals surface area (Å²) in [5, 5.41) is 125. The van der Waals surface area contributed by atoms with Crippen molar-refractivity contribution in [2.45, 2.75) is 246 Å². The Morgan fingerprint density at radius 3 is 1.11 bits per heavy atom. The smallest absolute Gasteiger partial charge is 0.242 e. The number of carbonyl (C=O) groups is 9. The highest BCUT2D eigenvalue weighted by atomic mass is 16.7. The topological polar surface area (TPSA) is 556 Å². The predicted octanol–water partition coefficient (Wildman–Crippen LogP) is -7.65. The van der Waals surface area contributed by atoms with E-state index in [2.05, 4.69) is 47.9 Å². The van der Waals surface area contributed by atoms with E-state index in [1.807, 2.05) is 0 Å². The molecule has 0 aromatic rings. The van der Waals surface area contributed by atoms with Crippen molar-refractivity contribution in [1.29, 1.82) is 0 Å². The Morgan fingerprint density at radius 2 is 0.745 bits per heavy atom. The number of methoxy groups -OCH3 is 1. The first-order valence-corrected chi connectivity index (χ1v) is 35.0. The number of ether oxygens (including phenoxy) is 10. The first-order chi connectivity index (χ1) is 48.8. The first-order valence-electron chi connectivity index (χ1n) is 35.0. The summed E-state index contributed by atoms with van der Waals surface area (Å²) in [4.78, 5) is 116. The molecule has 20 atom stereocenters. The summed E-state index contributed by atoms with van der Waals surface area (Å²) in [7, 11) is 1.56. The second-order valence-corrected chi connectivity index (χ2v) is 25.4. The minimum Gasteiger partial charge on any atom is -0.394 e. The molecule has 4 aliphatic rings. The molecule has 38 heteroatoms. The lowest BCUT2D eigenvalue weighted by Gasteiger charge is -2.42. The van der Waals surface area contributed by atoms with Crippen LogP contribution in [0.3, 0.4) is 0 Å². The SMILES string of the molecule is CO[C@H]1C[C@H](O)C[C@@H]1NC(=O)CCCCCCCCCCC(=O)NC(CCC(=O)NC(CCC(=O)NCCOCCOC1OC(CO)C(O)C(O)C1NC(C)=O)C(=O)NCCOCCOC1OC(CO)C(O)C(O)C1NC(C)=O)C(=O)NCCOCCOC1OC(CO)C(O)C(O)C1NC(C)=O. The molecule has 19 N–H and O–H groups in total. The van der Waals surface area contributed by atoms with Gasteiger partial charge in [0.05, 0.1) is 97.5 Å². The summed E-state index contributed by atoms with van der Waals surface area (Å²) in [6, 6.07) is -6.36. The van der Waals surface area contributed by atoms with Gasteiger partial charge in [0, 0.05) is 79.6 Å². The zero-order valence-corrected chi connectivity index (χ0v) is 58.7. The maximum atomic E-state index is 13.8. The molecular weight excluding hydrogens is 1360 g/mol. The van der Waals surface area contributed by atoms with E-state index in [1.54, 1.807) is 7.11 Å². The van der Waals surface area contributed by atoms with Gasteiger partial charge in [-0.15, -0.1) is 0 Å². The highest BCUT2D eigenvalue weighted by Gasteiger charge is 2.48. The average molecular weight is 1470 g/mol. The number of aliphatic hydroxyl groups is 10. The van der Waals surface area contributed by atoms with Crippen LogP contribution in [0.15, 0.2) is 0 Å². The molecule has 4 fully saturated rings. The molecule has 102 heavy (non-hydrogen) atoms. The second kappa shape index (κ2) is 49.3. The molecule has 4 rings (SSSR count). The molecule has 0 spiro atoms. The van der Waals surface area contributed by atoms with Crippen molar-refractivity contribution >= 4 is 53.2 Å². The Morgan fingerprint density at radius 1 is 0.402 bits per heavy atom. The van der Waals surface area contributed by atoms with Crippen LogP contribution in [0.4, 0.5) is 0 Å². The Hall–Kier alpha value is -5.57. The fourth-order valence-corrected chi connectivity index (χ4v) is 11.8. The third-order valence-electron chi connectivity index (χ3n) is 17.3. The molecule has 9 amide bonds. The van der Waals surface area contributed by atoms with E-state index >= 15 is 0 Å². The largest absolute Gasteiger partial charge is 0.394 e. The van der Waals surface area contributed by atoms with Crippen molar-refractivity contribution < 1.29 is 142 Å². The minimum absolute atomic E-state index is 0.0204. The maximum absolute atomic E-state index is 13.8. The third-order valence-corrected chi connectivity index (χ3v) is 17.3. The average Bonchev–Trinajstić information content (AvgIpc) is 1.03. The third kappa shape index (κ3) is 32.4. The lowest BCUT2D eigenvalue weighted by molar-refractivity contribution is -0.272. The van der Waals surface area contributed by atoms with Gasteiger partial charge in [-0.2, -0.15) is 0 Å². The second-order valence-electron chi connectivity index (χ2n) is 25.4. The Labute approximate surface area is 592 Å². The highest BCUT2D eigenvalue weighted by molar-refractivity contribution is 5.90. The van der Waals surface area contributed by atoms with Crippen LogP contribution in [0, 0.1) is 0 Å². The van der Waals surface area contributed by atoms with Crippen molar-refractivity contribution in [3.63, 3.8) is 0 Å². The molecule has 0 aromatic heterocycles. The number of rotatable bonds is 50. The number of nitrogens with one attached hydrogen (secondary N) is 9. The fraction of sp³-hybridized carbons (Fsp3) is 0.859. The van der Waals surface area contributed by atoms with Gasteiger partial charge in [0.15, 0.2) is 18.9 Å². The molecule has 0 radical (unpaired) electrons. The van der Waals surface area contributed by atoms with E-state index < -0.39 is 184 Å². The number of unbranched alkanes of at least 4 members (excludes halogenated alkanes) is 7. The van der Waals surface area contributed by atoms with Crippen molar-refractivity contribution in [3.05, 3.63) is 0 Å². The van der Waals surface area contributed by atoms with Gasteiger partial charge in [0.25, 0.3) is 0 Å². The molecule has 1 saturated carbocycles. The van der Waals surface area contributed by atoms with Crippen molar-refractivity contribution in [1.82, 2.24) is 47.9 Å². The Kier molecular flexibility index (Phi) is 42.9. The molecule has 3 heterocycles. The lowest BCUT2D eigenvalue weighted by Crippen LogP contribution is -2.64. The van der Waals surface area contributed by atoms with Crippen LogP contribution in [0.1, 0.15) is 124 Å². The van der Waals surface area contributed by atoms with E-state index in [0.29, 0.717) is 38.5 Å². The molecule has 0 bridgehead atoms. The molecule has 588 valence electrons. The monoisotopic (exact) mass is 1470 g/mol. The van der Waals surface area contributed by atoms with Crippen LogP contribution >= 0.6 is 0 Å². The minimum atomic E-state index is -1.54. The van der Waals surface area contributed by atoms with Gasteiger partial charge in [0.1, 0.15) is 85.1 Å². The number of amides is 9. The van der Waals surface area contributed by atoms with Gasteiger partial charge >= 0.3 is 0 Å². The molecular formula is C64H113N9O29. The summed E-state index contributed by atoms with van der Waals surface area (Å²) in [6.07, 6.45) is -10.8. The summed E-state index contributed by atoms with van der Waals surface area (Å²) < 4.78 is 55.8. The maximum Gasteiger partial charge on any atom is 0.242 e. The van der Waals surface area contributed by atoms with E-state index in [4.69, 9.17) is 47.4 Å². The quantitative estimate of drug-likeness (QED) is 0.0252. The molecule has 3 aliphatic heterocycles. The van der Waals surface area contributed by atoms with Crippen molar-refractivity contribution in [2.75, 3.05) is 106 Å². The van der Waals surface area contributed by atoms with Crippen LogP contribution in [0.5, 0.6) is 0 Å². The molecule has 1 aliphatic carbocycles. The van der Waals surface area contributed by atoms with Crippen LogP contribution in [0.2, 0.25) is 0 Å². The van der Waals surface area contributed by atoms with Crippen LogP contribution in [-0.4, -0.2) is 333 Å². The van der Waals surface area contributed by atoms with Crippen LogP contribution < -0.4 is 47.9 Å². The number of hydrogen-bond donors (Lipinski definition) is 19. The molecule has 0 aromatic carbocycles. The van der Waals surface area contributed by atoms with Gasteiger partial charge in [-0.1, -0.05) is 38.5 Å². The molecule has 17 unspecified atom stereocenters. The Balaban J connectivity index is 1.33. The number of aliphatic hydroxyl groups excluding tert-OH is 10. The van der Waals surface area contributed by atoms with Crippen molar-refractivity contribution in [3.8, 4) is 0 Å². The van der Waals surface area contributed by atoms with E-state index in [1.165, 1.54) is 20.8 Å². The van der Waals surface area contributed by atoms with E-state index in [0.717, 1.165) is 32.1 Å². The van der Waals surface area contributed by atoms with Gasteiger partial charge in [-0.05, 0) is 32.1 Å². The summed E-state index contributed by atoms with van der Waals surface area (Å²) in [5.41, 5.74) is 0. The summed E-state index contributed by atoms with van der Waals surface area (Å²) in [5.74, 6) is -4.87. The van der Waals surface area contributed by atoms with E-state index in [-0.39, 0.29) is 123 Å². The molecule has 3 saturated heterocycles. The van der Waals surface area contributed by atoms with Gasteiger partial charge in [-0.25, -0.2) is 0 Å². The van der Waals surface area contributed by atoms with E-state index in [9.17, 15) is 94.2 Å². The fourth-order valence-electron chi connectivity index (χ4n) is 11.8. The standard InChI is InChI=1S/C64H113N9O29/c1-36(77)68-51-57(88)54(85)44(33-74)100-62(51)97-28-25-94-22-19-65-47(81)17-15-40(60(91)66-20-23-95-26-29-98-63-52(69-37(2)78)58(89)55(86)45(34-75)101-63)72-50(84)18-16-41(61(92)67-21-24-96-27-30-99-64-53(70-38(3)79)59(90)56(87)46(35-76)102-64)71-48(82)13-11-9-7-5-6-8-10-12-14-49(83)73-42-31-39(80)32-43(42)93-4/h39-46,51-59,62-64,74-76,80,85-90H,5-35H2,1-4H3,(H,65,81)(H,66,91)(H,67,92)(H,68,77)(H,69,78)(H,70,79)(H,71,82)(H,72,84)(H,73,83)/t39-,40?,41?,42+,43+,44?,45?,46?,51?,52?,53?,54?,55?,56?,57?,58?,59?,62?,63?,64?/m1/s1. The zero-order valence-electron chi connectivity index (χ0n) is 58.7. The zero-order chi connectivity index (χ0) is 75.1. The highest BCUT2D eigenvalue weighted by Crippen LogP contribution is 2.26. The van der Waals surface area contributed by atoms with Crippen LogP contribution in [0.25, 0.3) is 0 Å². The normalized spacial score (nSPS) is 28.4. The van der Waals surface area contributed by atoms with Gasteiger partial charge < -0.3 is 146 Å². The van der Waals surface area contributed by atoms with Gasteiger partial charge in [0.2, 0.25) is 53.2 Å². The van der Waals surface area contributed by atoms with Crippen molar-refractivity contribution in [2.24, 2.45) is 0 Å². The lowest BCUT2D eigenvalue weighted by atomic mass is 9.97.